The highest BCUT2D eigenvalue weighted by Crippen LogP contribution is 2.42. The number of aromatic nitrogens is 1. The van der Waals surface area contributed by atoms with Gasteiger partial charge in [0.2, 0.25) is 0 Å². The lowest BCUT2D eigenvalue weighted by Gasteiger charge is -1.93. The summed E-state index contributed by atoms with van der Waals surface area (Å²) in [6.45, 7) is 0. The van der Waals surface area contributed by atoms with E-state index < -0.39 is 5.97 Å². The molecule has 4 heteroatoms. The zero-order chi connectivity index (χ0) is 10.4. The molecule has 1 fully saturated rings. The Balaban J connectivity index is 2.23. The van der Waals surface area contributed by atoms with Gasteiger partial charge in [-0.05, 0) is 18.9 Å². The Morgan fingerprint density at radius 2 is 2.33 bits per heavy atom. The van der Waals surface area contributed by atoms with E-state index >= 15 is 0 Å². The number of hydrogen-bond acceptors (Lipinski definition) is 3. The van der Waals surface area contributed by atoms with Gasteiger partial charge in [0.15, 0.2) is 5.58 Å². The van der Waals surface area contributed by atoms with Gasteiger partial charge in [-0.2, -0.15) is 0 Å². The molecule has 0 atom stereocenters. The molecule has 2 aromatic heterocycles. The van der Waals surface area contributed by atoms with Gasteiger partial charge in [0.05, 0.1) is 0 Å². The van der Waals surface area contributed by atoms with Gasteiger partial charge in [-0.3, -0.25) is 4.98 Å². The van der Waals surface area contributed by atoms with E-state index in [9.17, 15) is 4.79 Å². The van der Waals surface area contributed by atoms with Crippen molar-refractivity contribution in [2.75, 3.05) is 0 Å². The van der Waals surface area contributed by atoms with E-state index in [4.69, 9.17) is 9.52 Å². The minimum Gasteiger partial charge on any atom is -0.478 e. The van der Waals surface area contributed by atoms with Crippen LogP contribution in [0.2, 0.25) is 0 Å². The quantitative estimate of drug-likeness (QED) is 0.813. The summed E-state index contributed by atoms with van der Waals surface area (Å²) in [6, 6.07) is 3.31. The second-order valence-electron chi connectivity index (χ2n) is 3.80. The number of rotatable bonds is 2. The molecule has 15 heavy (non-hydrogen) atoms. The van der Waals surface area contributed by atoms with Gasteiger partial charge in [-0.25, -0.2) is 4.79 Å². The second kappa shape index (κ2) is 2.82. The molecule has 1 aliphatic carbocycles. The third-order valence-electron chi connectivity index (χ3n) is 2.64. The first-order chi connectivity index (χ1) is 7.25. The van der Waals surface area contributed by atoms with E-state index in [0.717, 1.165) is 18.6 Å². The Bertz CT molecular complexity index is 540. The van der Waals surface area contributed by atoms with Crippen LogP contribution < -0.4 is 0 Å². The molecule has 2 aromatic rings. The number of carboxylic acids is 1. The van der Waals surface area contributed by atoms with Crippen LogP contribution in [0.15, 0.2) is 22.7 Å². The summed E-state index contributed by atoms with van der Waals surface area (Å²) in [5.74, 6) is 0.367. The van der Waals surface area contributed by atoms with Crippen molar-refractivity contribution in [2.45, 2.75) is 18.8 Å². The maximum Gasteiger partial charge on any atom is 0.339 e. The fourth-order valence-corrected chi connectivity index (χ4v) is 1.69. The average Bonchev–Trinajstić information content (AvgIpc) is 2.96. The number of aromatic carboxylic acids is 1. The Morgan fingerprint density at radius 1 is 1.53 bits per heavy atom. The molecule has 1 aliphatic rings. The van der Waals surface area contributed by atoms with Crippen LogP contribution in [0.5, 0.6) is 0 Å². The van der Waals surface area contributed by atoms with Gasteiger partial charge >= 0.3 is 5.97 Å². The molecule has 4 nitrogen and oxygen atoms in total. The predicted molar refractivity (Wildman–Crippen MR) is 52.9 cm³/mol. The van der Waals surface area contributed by atoms with Crippen molar-refractivity contribution in [3.05, 3.63) is 29.7 Å². The number of furan rings is 1. The molecule has 3 rings (SSSR count). The molecular weight excluding hydrogens is 194 g/mol. The lowest BCUT2D eigenvalue weighted by atomic mass is 10.2. The number of nitrogens with zero attached hydrogens (tertiary/aromatic N) is 1. The highest BCUT2D eigenvalue weighted by Gasteiger charge is 2.28. The van der Waals surface area contributed by atoms with Gasteiger partial charge in [0.25, 0.3) is 0 Å². The van der Waals surface area contributed by atoms with Gasteiger partial charge in [-0.1, -0.05) is 0 Å². The van der Waals surface area contributed by atoms with Gasteiger partial charge in [0.1, 0.15) is 16.8 Å². The minimum absolute atomic E-state index is 0.187. The second-order valence-corrected chi connectivity index (χ2v) is 3.80. The molecule has 0 aromatic carbocycles. The maximum absolute atomic E-state index is 10.9. The Hall–Kier alpha value is -1.84. The lowest BCUT2D eigenvalue weighted by Crippen LogP contribution is -1.96. The topological polar surface area (TPSA) is 63.3 Å². The van der Waals surface area contributed by atoms with Crippen molar-refractivity contribution in [3.63, 3.8) is 0 Å². The zero-order valence-electron chi connectivity index (χ0n) is 7.93. The Kier molecular flexibility index (Phi) is 1.59. The normalized spacial score (nSPS) is 15.7. The van der Waals surface area contributed by atoms with E-state index in [1.165, 1.54) is 12.3 Å². The first kappa shape index (κ1) is 8.47. The molecule has 76 valence electrons. The number of pyridine rings is 1. The highest BCUT2D eigenvalue weighted by molar-refractivity contribution is 5.99. The lowest BCUT2D eigenvalue weighted by molar-refractivity contribution is 0.0697. The van der Waals surface area contributed by atoms with Crippen molar-refractivity contribution in [3.8, 4) is 0 Å². The minimum atomic E-state index is -0.973. The molecule has 0 aliphatic heterocycles. The van der Waals surface area contributed by atoms with Crippen molar-refractivity contribution < 1.29 is 14.3 Å². The standard InChI is InChI=1S/C11H9NO3/c13-11(14)7-3-4-12-8-5-9(6-1-2-6)15-10(7)8/h3-6H,1-2H2,(H,13,14). The van der Waals surface area contributed by atoms with E-state index in [0.29, 0.717) is 17.0 Å². The number of carbonyl (C=O) groups is 1. The van der Waals surface area contributed by atoms with Gasteiger partial charge < -0.3 is 9.52 Å². The largest absolute Gasteiger partial charge is 0.478 e. The average molecular weight is 203 g/mol. The summed E-state index contributed by atoms with van der Waals surface area (Å²) < 4.78 is 5.54. The highest BCUT2D eigenvalue weighted by atomic mass is 16.4. The molecule has 0 spiro atoms. The van der Waals surface area contributed by atoms with Crippen LogP contribution in [0, 0.1) is 0 Å². The van der Waals surface area contributed by atoms with Crippen molar-refractivity contribution >= 4 is 17.1 Å². The third kappa shape index (κ3) is 1.29. The Morgan fingerprint density at radius 3 is 3.00 bits per heavy atom. The van der Waals surface area contributed by atoms with E-state index in [1.54, 1.807) is 0 Å². The molecule has 0 saturated heterocycles. The van der Waals surface area contributed by atoms with Crippen molar-refractivity contribution in [1.82, 2.24) is 4.98 Å². The molecule has 0 amide bonds. The van der Waals surface area contributed by atoms with Crippen LogP contribution in [0.4, 0.5) is 0 Å². The molecule has 1 N–H and O–H groups in total. The summed E-state index contributed by atoms with van der Waals surface area (Å²) in [6.07, 6.45) is 3.75. The molecule has 1 saturated carbocycles. The first-order valence-electron chi connectivity index (χ1n) is 4.87. The monoisotopic (exact) mass is 203 g/mol. The summed E-state index contributed by atoms with van der Waals surface area (Å²) in [5.41, 5.74) is 1.22. The summed E-state index contributed by atoms with van der Waals surface area (Å²) in [7, 11) is 0. The van der Waals surface area contributed by atoms with Crippen LogP contribution in [0.25, 0.3) is 11.1 Å². The summed E-state index contributed by atoms with van der Waals surface area (Å²) >= 11 is 0. The van der Waals surface area contributed by atoms with Crippen LogP contribution in [0.3, 0.4) is 0 Å². The van der Waals surface area contributed by atoms with Gasteiger partial charge in [-0.15, -0.1) is 0 Å². The van der Waals surface area contributed by atoms with Crippen LogP contribution in [0.1, 0.15) is 34.9 Å². The molecule has 0 radical (unpaired) electrons. The van der Waals surface area contributed by atoms with Crippen molar-refractivity contribution in [1.29, 1.82) is 0 Å². The van der Waals surface area contributed by atoms with Crippen molar-refractivity contribution in [2.24, 2.45) is 0 Å². The van der Waals surface area contributed by atoms with E-state index in [2.05, 4.69) is 4.98 Å². The van der Waals surface area contributed by atoms with Crippen LogP contribution in [-0.2, 0) is 0 Å². The molecule has 0 bridgehead atoms. The molecule has 0 unspecified atom stereocenters. The molecule has 2 heterocycles. The summed E-state index contributed by atoms with van der Waals surface area (Å²) in [4.78, 5) is 15.0. The molecular formula is C11H9NO3. The van der Waals surface area contributed by atoms with Crippen LogP contribution in [-0.4, -0.2) is 16.1 Å². The van der Waals surface area contributed by atoms with E-state index in [1.807, 2.05) is 6.07 Å². The number of carboxylic acid groups (broad SMARTS) is 1. The predicted octanol–water partition coefficient (Wildman–Crippen LogP) is 2.40. The van der Waals surface area contributed by atoms with E-state index in [-0.39, 0.29) is 5.56 Å². The fourth-order valence-electron chi connectivity index (χ4n) is 1.69. The SMILES string of the molecule is O=C(O)c1ccnc2cc(C3CC3)oc12. The first-order valence-corrected chi connectivity index (χ1v) is 4.87. The third-order valence-corrected chi connectivity index (χ3v) is 2.64. The zero-order valence-corrected chi connectivity index (χ0v) is 7.93. The van der Waals surface area contributed by atoms with Gasteiger partial charge in [0, 0.05) is 18.2 Å². The van der Waals surface area contributed by atoms with Crippen LogP contribution >= 0.6 is 0 Å². The number of hydrogen-bond donors (Lipinski definition) is 1. The maximum atomic E-state index is 10.9. The Labute approximate surface area is 85.5 Å². The smallest absolute Gasteiger partial charge is 0.339 e. The summed E-state index contributed by atoms with van der Waals surface area (Å²) in [5, 5.41) is 8.96. The fraction of sp³-hybridized carbons (Fsp3) is 0.273. The number of fused-ring (bicyclic) bond motifs is 1.